The van der Waals surface area contributed by atoms with Crippen LogP contribution < -0.4 is 25.6 Å². The normalized spacial score (nSPS) is 10.1. The number of carbonyl (C=O) groups excluding carboxylic acids is 2. The zero-order chi connectivity index (χ0) is 21.5. The standard InChI is InChI=1S/C22H22N4O4/c1-14-19(12-13-20(23-14)15-4-8-17(29-2)9-5-15)21(27)25-26-22(28)24-16-6-10-18(30-3)11-7-16/h4-13H,1-3H3,(H,25,27)(H2,24,26,28). The molecule has 0 saturated heterocycles. The first-order chi connectivity index (χ1) is 14.5. The molecule has 0 atom stereocenters. The van der Waals surface area contributed by atoms with E-state index in [-0.39, 0.29) is 0 Å². The van der Waals surface area contributed by atoms with E-state index in [0.29, 0.717) is 22.7 Å². The molecule has 0 aliphatic carbocycles. The number of ether oxygens (including phenoxy) is 2. The van der Waals surface area contributed by atoms with Crippen molar-refractivity contribution in [2.75, 3.05) is 19.5 Å². The first-order valence-corrected chi connectivity index (χ1v) is 9.13. The van der Waals surface area contributed by atoms with Gasteiger partial charge in [0.1, 0.15) is 11.5 Å². The molecular weight excluding hydrogens is 384 g/mol. The molecule has 0 aliphatic rings. The molecule has 0 bridgehead atoms. The lowest BCUT2D eigenvalue weighted by molar-refractivity contribution is 0.0937. The maximum Gasteiger partial charge on any atom is 0.337 e. The fourth-order valence-corrected chi connectivity index (χ4v) is 2.74. The van der Waals surface area contributed by atoms with Gasteiger partial charge < -0.3 is 14.8 Å². The quantitative estimate of drug-likeness (QED) is 0.563. The number of nitrogens with zero attached hydrogens (tertiary/aromatic N) is 1. The Bertz CT molecular complexity index is 1030. The Morgan fingerprint density at radius 1 is 0.800 bits per heavy atom. The number of hydrogen-bond donors (Lipinski definition) is 3. The van der Waals surface area contributed by atoms with E-state index in [2.05, 4.69) is 21.2 Å². The van der Waals surface area contributed by atoms with Gasteiger partial charge >= 0.3 is 6.03 Å². The summed E-state index contributed by atoms with van der Waals surface area (Å²) in [6.07, 6.45) is 0. The summed E-state index contributed by atoms with van der Waals surface area (Å²) in [6.45, 7) is 1.74. The third-order valence-electron chi connectivity index (χ3n) is 4.35. The number of rotatable bonds is 5. The number of benzene rings is 2. The number of aromatic nitrogens is 1. The Morgan fingerprint density at radius 2 is 1.40 bits per heavy atom. The zero-order valence-electron chi connectivity index (χ0n) is 16.9. The van der Waals surface area contributed by atoms with Crippen molar-refractivity contribution in [1.29, 1.82) is 0 Å². The number of nitrogens with one attached hydrogen (secondary N) is 3. The Hall–Kier alpha value is -4.07. The second kappa shape index (κ2) is 9.42. The van der Waals surface area contributed by atoms with Crippen molar-refractivity contribution in [3.63, 3.8) is 0 Å². The minimum Gasteiger partial charge on any atom is -0.497 e. The molecule has 0 aliphatic heterocycles. The van der Waals surface area contributed by atoms with Crippen LogP contribution in [0.25, 0.3) is 11.3 Å². The number of urea groups is 1. The molecule has 30 heavy (non-hydrogen) atoms. The third-order valence-corrected chi connectivity index (χ3v) is 4.35. The zero-order valence-corrected chi connectivity index (χ0v) is 16.9. The SMILES string of the molecule is COc1ccc(NC(=O)NNC(=O)c2ccc(-c3ccc(OC)cc3)nc2C)cc1. The molecule has 0 saturated carbocycles. The molecule has 154 valence electrons. The smallest absolute Gasteiger partial charge is 0.337 e. The van der Waals surface area contributed by atoms with E-state index >= 15 is 0 Å². The second-order valence-corrected chi connectivity index (χ2v) is 6.32. The Labute approximate surface area is 174 Å². The van der Waals surface area contributed by atoms with Gasteiger partial charge in [-0.25, -0.2) is 10.2 Å². The van der Waals surface area contributed by atoms with Crippen LogP contribution in [-0.2, 0) is 0 Å². The number of anilines is 1. The minimum absolute atomic E-state index is 0.358. The van der Waals surface area contributed by atoms with Crippen molar-refractivity contribution in [3.05, 3.63) is 71.9 Å². The first kappa shape index (κ1) is 20.7. The summed E-state index contributed by atoms with van der Waals surface area (Å²) in [6, 6.07) is 17.1. The topological polar surface area (TPSA) is 102 Å². The van der Waals surface area contributed by atoms with Crippen LogP contribution in [-0.4, -0.2) is 31.1 Å². The predicted molar refractivity (Wildman–Crippen MR) is 114 cm³/mol. The Morgan fingerprint density at radius 3 is 1.97 bits per heavy atom. The van der Waals surface area contributed by atoms with E-state index in [0.717, 1.165) is 17.0 Å². The molecule has 0 spiro atoms. The molecule has 3 N–H and O–H groups in total. The number of methoxy groups -OCH3 is 2. The van der Waals surface area contributed by atoms with Crippen molar-refractivity contribution >= 4 is 17.6 Å². The lowest BCUT2D eigenvalue weighted by Gasteiger charge is -2.11. The van der Waals surface area contributed by atoms with Gasteiger partial charge in [0.05, 0.1) is 31.2 Å². The molecule has 1 heterocycles. The van der Waals surface area contributed by atoms with Crippen LogP contribution in [0, 0.1) is 6.92 Å². The van der Waals surface area contributed by atoms with E-state index in [1.54, 1.807) is 57.5 Å². The van der Waals surface area contributed by atoms with E-state index < -0.39 is 11.9 Å². The van der Waals surface area contributed by atoms with Crippen molar-refractivity contribution in [2.45, 2.75) is 6.92 Å². The summed E-state index contributed by atoms with van der Waals surface area (Å²) in [5, 5.41) is 2.61. The predicted octanol–water partition coefficient (Wildman–Crippen LogP) is 3.54. The van der Waals surface area contributed by atoms with Crippen LogP contribution in [0.2, 0.25) is 0 Å². The molecule has 3 amide bonds. The van der Waals surface area contributed by atoms with Crippen molar-refractivity contribution in [3.8, 4) is 22.8 Å². The highest BCUT2D eigenvalue weighted by Crippen LogP contribution is 2.22. The van der Waals surface area contributed by atoms with E-state index in [1.807, 2.05) is 24.3 Å². The number of amides is 3. The third kappa shape index (κ3) is 5.05. The maximum absolute atomic E-state index is 12.4. The molecule has 1 aromatic heterocycles. The monoisotopic (exact) mass is 406 g/mol. The molecule has 0 fully saturated rings. The van der Waals surface area contributed by atoms with Crippen LogP contribution in [0.5, 0.6) is 11.5 Å². The minimum atomic E-state index is -0.575. The van der Waals surface area contributed by atoms with Crippen molar-refractivity contribution in [2.24, 2.45) is 0 Å². The van der Waals surface area contributed by atoms with Crippen LogP contribution in [0.15, 0.2) is 60.7 Å². The average molecular weight is 406 g/mol. The fourth-order valence-electron chi connectivity index (χ4n) is 2.74. The van der Waals surface area contributed by atoms with E-state index in [9.17, 15) is 9.59 Å². The van der Waals surface area contributed by atoms with Crippen LogP contribution in [0.1, 0.15) is 16.1 Å². The highest BCUT2D eigenvalue weighted by atomic mass is 16.5. The van der Waals surface area contributed by atoms with Gasteiger partial charge in [-0.2, -0.15) is 0 Å². The molecule has 0 radical (unpaired) electrons. The fraction of sp³-hybridized carbons (Fsp3) is 0.136. The lowest BCUT2D eigenvalue weighted by Crippen LogP contribution is -2.44. The molecule has 8 heteroatoms. The Kier molecular flexibility index (Phi) is 6.49. The first-order valence-electron chi connectivity index (χ1n) is 9.13. The van der Waals surface area contributed by atoms with Gasteiger partial charge in [0.2, 0.25) is 0 Å². The second-order valence-electron chi connectivity index (χ2n) is 6.32. The van der Waals surface area contributed by atoms with Gasteiger partial charge in [0.15, 0.2) is 0 Å². The van der Waals surface area contributed by atoms with Crippen molar-refractivity contribution < 1.29 is 19.1 Å². The van der Waals surface area contributed by atoms with Gasteiger partial charge in [0, 0.05) is 11.3 Å². The molecule has 2 aromatic carbocycles. The molecule has 3 aromatic rings. The highest BCUT2D eigenvalue weighted by Gasteiger charge is 2.12. The van der Waals surface area contributed by atoms with Gasteiger partial charge in [-0.15, -0.1) is 0 Å². The van der Waals surface area contributed by atoms with Gasteiger partial charge in [-0.1, -0.05) is 0 Å². The largest absolute Gasteiger partial charge is 0.497 e. The summed E-state index contributed by atoms with van der Waals surface area (Å²) in [5.74, 6) is 0.965. The number of carbonyl (C=O) groups is 2. The van der Waals surface area contributed by atoms with Crippen LogP contribution in [0.3, 0.4) is 0 Å². The molecule has 8 nitrogen and oxygen atoms in total. The lowest BCUT2D eigenvalue weighted by atomic mass is 10.1. The molecular formula is C22H22N4O4. The molecule has 3 rings (SSSR count). The summed E-state index contributed by atoms with van der Waals surface area (Å²) >= 11 is 0. The maximum atomic E-state index is 12.4. The van der Waals surface area contributed by atoms with Crippen LogP contribution >= 0.6 is 0 Å². The van der Waals surface area contributed by atoms with E-state index in [4.69, 9.17) is 9.47 Å². The van der Waals surface area contributed by atoms with E-state index in [1.165, 1.54) is 0 Å². The Balaban J connectivity index is 1.59. The molecule has 0 unspecified atom stereocenters. The number of hydrazine groups is 1. The highest BCUT2D eigenvalue weighted by molar-refractivity contribution is 5.98. The summed E-state index contributed by atoms with van der Waals surface area (Å²) in [5.41, 5.74) is 7.79. The summed E-state index contributed by atoms with van der Waals surface area (Å²) in [7, 11) is 3.17. The number of pyridine rings is 1. The number of aryl methyl sites for hydroxylation is 1. The summed E-state index contributed by atoms with van der Waals surface area (Å²) < 4.78 is 10.2. The van der Waals surface area contributed by atoms with Crippen LogP contribution in [0.4, 0.5) is 10.5 Å². The van der Waals surface area contributed by atoms with Gasteiger partial charge in [0.25, 0.3) is 5.91 Å². The van der Waals surface area contributed by atoms with Gasteiger partial charge in [-0.05, 0) is 67.6 Å². The van der Waals surface area contributed by atoms with Gasteiger partial charge in [-0.3, -0.25) is 15.2 Å². The number of hydrogen-bond acceptors (Lipinski definition) is 5. The summed E-state index contributed by atoms with van der Waals surface area (Å²) in [4.78, 5) is 28.9. The average Bonchev–Trinajstić information content (AvgIpc) is 2.78. The van der Waals surface area contributed by atoms with Crippen molar-refractivity contribution in [1.82, 2.24) is 15.8 Å².